The molecule has 0 heterocycles. The molecule has 0 nitrogen and oxygen atoms in total. The maximum absolute atomic E-state index is 4.04. The lowest BCUT2D eigenvalue weighted by atomic mass is 9.96. The number of hydrogen-bond donors (Lipinski definition) is 0. The van der Waals surface area contributed by atoms with Crippen LogP contribution in [0.4, 0.5) is 0 Å². The molecule has 2 aromatic carbocycles. The Hall–Kier alpha value is -1.82. The van der Waals surface area contributed by atoms with Crippen LogP contribution in [0.3, 0.4) is 0 Å². The maximum Gasteiger partial charge on any atom is -0.0228 e. The Morgan fingerprint density at radius 2 is 1.74 bits per heavy atom. The van der Waals surface area contributed by atoms with Gasteiger partial charge in [0, 0.05) is 0 Å². The third-order valence-electron chi connectivity index (χ3n) is 3.57. The van der Waals surface area contributed by atoms with Crippen LogP contribution in [0.25, 0.3) is 5.57 Å². The molecule has 0 fully saturated rings. The quantitative estimate of drug-likeness (QED) is 0.706. The Morgan fingerprint density at radius 3 is 2.42 bits per heavy atom. The van der Waals surface area contributed by atoms with Crippen molar-refractivity contribution in [2.45, 2.75) is 33.6 Å². The smallest absolute Gasteiger partial charge is 0.0228 e. The second-order valence-electron chi connectivity index (χ2n) is 5.41. The molecular formula is C19H22. The highest BCUT2D eigenvalue weighted by Crippen LogP contribution is 2.18. The summed E-state index contributed by atoms with van der Waals surface area (Å²) in [6, 6.07) is 15.4. The summed E-state index contributed by atoms with van der Waals surface area (Å²) in [5.74, 6) is 0. The van der Waals surface area contributed by atoms with Crippen LogP contribution in [0.2, 0.25) is 0 Å². The summed E-state index contributed by atoms with van der Waals surface area (Å²) in [7, 11) is 0. The Labute approximate surface area is 116 Å². The van der Waals surface area contributed by atoms with Crippen molar-refractivity contribution in [3.8, 4) is 0 Å². The summed E-state index contributed by atoms with van der Waals surface area (Å²) in [4.78, 5) is 0. The Morgan fingerprint density at radius 1 is 1.00 bits per heavy atom. The van der Waals surface area contributed by atoms with E-state index in [0.29, 0.717) is 0 Å². The molecule has 0 spiro atoms. The van der Waals surface area contributed by atoms with Crippen molar-refractivity contribution in [2.75, 3.05) is 0 Å². The van der Waals surface area contributed by atoms with Crippen LogP contribution in [0.1, 0.15) is 34.7 Å². The Kier molecular flexibility index (Phi) is 4.21. The molecule has 0 N–H and O–H groups in total. The fourth-order valence-corrected chi connectivity index (χ4v) is 2.42. The van der Waals surface area contributed by atoms with Gasteiger partial charge in [-0.1, -0.05) is 60.2 Å². The SMILES string of the molecule is C=C(C)c1cc(C)cc(CCc2ccccc2C)c1. The predicted molar refractivity (Wildman–Crippen MR) is 84.5 cm³/mol. The Balaban J connectivity index is 2.16. The highest BCUT2D eigenvalue weighted by molar-refractivity contribution is 5.62. The Bertz CT molecular complexity index is 591. The van der Waals surface area contributed by atoms with Gasteiger partial charge < -0.3 is 0 Å². The first-order valence-corrected chi connectivity index (χ1v) is 6.87. The molecule has 0 saturated heterocycles. The van der Waals surface area contributed by atoms with Gasteiger partial charge in [-0.05, 0) is 55.9 Å². The maximum atomic E-state index is 4.04. The van der Waals surface area contributed by atoms with Crippen LogP contribution in [0.15, 0.2) is 49.0 Å². The van der Waals surface area contributed by atoms with Crippen molar-refractivity contribution in [3.63, 3.8) is 0 Å². The van der Waals surface area contributed by atoms with Crippen LogP contribution in [0.5, 0.6) is 0 Å². The van der Waals surface area contributed by atoms with E-state index in [-0.39, 0.29) is 0 Å². The summed E-state index contributed by atoms with van der Waals surface area (Å²) in [5.41, 5.74) is 7.96. The fourth-order valence-electron chi connectivity index (χ4n) is 2.42. The van der Waals surface area contributed by atoms with Gasteiger partial charge in [0.2, 0.25) is 0 Å². The van der Waals surface area contributed by atoms with Gasteiger partial charge in [-0.3, -0.25) is 0 Å². The molecule has 19 heavy (non-hydrogen) atoms. The predicted octanol–water partition coefficient (Wildman–Crippen LogP) is 5.12. The van der Waals surface area contributed by atoms with Crippen molar-refractivity contribution >= 4 is 5.57 Å². The fraction of sp³-hybridized carbons (Fsp3) is 0.263. The van der Waals surface area contributed by atoms with Gasteiger partial charge in [0.15, 0.2) is 0 Å². The molecule has 0 atom stereocenters. The first kappa shape index (κ1) is 13.6. The van der Waals surface area contributed by atoms with E-state index >= 15 is 0 Å². The molecule has 98 valence electrons. The molecule has 0 amide bonds. The lowest BCUT2D eigenvalue weighted by Crippen LogP contribution is -1.95. The first-order chi connectivity index (χ1) is 9.06. The van der Waals surface area contributed by atoms with E-state index in [9.17, 15) is 0 Å². The molecule has 2 rings (SSSR count). The summed E-state index contributed by atoms with van der Waals surface area (Å²) in [6.07, 6.45) is 2.19. The first-order valence-electron chi connectivity index (χ1n) is 6.87. The minimum atomic E-state index is 1.09. The van der Waals surface area contributed by atoms with E-state index in [1.807, 2.05) is 0 Å². The molecule has 2 aromatic rings. The zero-order valence-corrected chi connectivity index (χ0v) is 12.2. The molecule has 0 aliphatic rings. The zero-order valence-electron chi connectivity index (χ0n) is 12.2. The normalized spacial score (nSPS) is 10.5. The standard InChI is InChI=1S/C19H22/c1-14(2)19-12-15(3)11-17(13-19)9-10-18-8-6-5-7-16(18)4/h5-8,11-13H,1,9-10H2,2-4H3. The zero-order chi connectivity index (χ0) is 13.8. The van der Waals surface area contributed by atoms with E-state index in [1.54, 1.807) is 0 Å². The number of benzene rings is 2. The molecule has 0 aliphatic heterocycles. The van der Waals surface area contributed by atoms with Gasteiger partial charge >= 0.3 is 0 Å². The van der Waals surface area contributed by atoms with Gasteiger partial charge in [-0.2, -0.15) is 0 Å². The number of hydrogen-bond acceptors (Lipinski definition) is 0. The minimum Gasteiger partial charge on any atom is -0.0955 e. The highest BCUT2D eigenvalue weighted by atomic mass is 14.1. The van der Waals surface area contributed by atoms with E-state index < -0.39 is 0 Å². The van der Waals surface area contributed by atoms with Crippen LogP contribution in [0, 0.1) is 13.8 Å². The van der Waals surface area contributed by atoms with Gasteiger partial charge in [0.25, 0.3) is 0 Å². The average Bonchev–Trinajstić information content (AvgIpc) is 2.37. The summed E-state index contributed by atoms with van der Waals surface area (Å²) in [6.45, 7) is 10.5. The largest absolute Gasteiger partial charge is 0.0955 e. The van der Waals surface area contributed by atoms with Crippen molar-refractivity contribution in [3.05, 3.63) is 76.9 Å². The van der Waals surface area contributed by atoms with E-state index in [1.165, 1.54) is 27.8 Å². The third kappa shape index (κ3) is 3.57. The average molecular weight is 250 g/mol. The molecule has 0 unspecified atom stereocenters. The van der Waals surface area contributed by atoms with Crippen LogP contribution in [-0.4, -0.2) is 0 Å². The molecule has 0 aliphatic carbocycles. The molecule has 0 aromatic heterocycles. The molecule has 0 bridgehead atoms. The minimum absolute atomic E-state index is 1.09. The lowest BCUT2D eigenvalue weighted by molar-refractivity contribution is 0.946. The van der Waals surface area contributed by atoms with E-state index in [4.69, 9.17) is 0 Å². The molecule has 0 saturated carbocycles. The number of allylic oxidation sites excluding steroid dienone is 1. The number of aryl methyl sites for hydroxylation is 4. The topological polar surface area (TPSA) is 0 Å². The van der Waals surface area contributed by atoms with E-state index in [2.05, 4.69) is 69.8 Å². The monoisotopic (exact) mass is 250 g/mol. The highest BCUT2D eigenvalue weighted by Gasteiger charge is 2.02. The van der Waals surface area contributed by atoms with Crippen molar-refractivity contribution in [1.82, 2.24) is 0 Å². The summed E-state index contributed by atoms with van der Waals surface area (Å²) in [5, 5.41) is 0. The van der Waals surface area contributed by atoms with Gasteiger partial charge in [0.05, 0.1) is 0 Å². The van der Waals surface area contributed by atoms with Crippen molar-refractivity contribution < 1.29 is 0 Å². The summed E-state index contributed by atoms with van der Waals surface area (Å²) < 4.78 is 0. The van der Waals surface area contributed by atoms with Crippen LogP contribution in [-0.2, 0) is 12.8 Å². The molecule has 0 radical (unpaired) electrons. The van der Waals surface area contributed by atoms with Crippen molar-refractivity contribution in [2.24, 2.45) is 0 Å². The van der Waals surface area contributed by atoms with Gasteiger partial charge in [0.1, 0.15) is 0 Å². The van der Waals surface area contributed by atoms with Gasteiger partial charge in [-0.25, -0.2) is 0 Å². The second-order valence-corrected chi connectivity index (χ2v) is 5.41. The molecule has 0 heteroatoms. The summed E-state index contributed by atoms with van der Waals surface area (Å²) >= 11 is 0. The third-order valence-corrected chi connectivity index (χ3v) is 3.57. The van der Waals surface area contributed by atoms with Crippen molar-refractivity contribution in [1.29, 1.82) is 0 Å². The van der Waals surface area contributed by atoms with Crippen LogP contribution < -0.4 is 0 Å². The second kappa shape index (κ2) is 5.88. The van der Waals surface area contributed by atoms with E-state index in [0.717, 1.165) is 18.4 Å². The van der Waals surface area contributed by atoms with Crippen LogP contribution >= 0.6 is 0 Å². The van der Waals surface area contributed by atoms with Gasteiger partial charge in [-0.15, -0.1) is 0 Å². The number of rotatable bonds is 4. The molecular weight excluding hydrogens is 228 g/mol. The lowest BCUT2D eigenvalue weighted by Gasteiger charge is -2.09.